The average molecular weight is 279 g/mol. The number of benzene rings is 1. The third kappa shape index (κ3) is 5.51. The Morgan fingerprint density at radius 1 is 1.05 bits per heavy atom. The molecule has 0 bridgehead atoms. The molecule has 0 spiro atoms. The standard InChI is InChI=1S/C17H29NO2/c1-6-18-17(12-20-14(5)13(3)4)15-8-10-16(11-9-15)19-7-2/h8-11,13-14,17-18H,6-7,12H2,1-5H3. The Hall–Kier alpha value is -1.06. The molecule has 20 heavy (non-hydrogen) atoms. The van der Waals surface area contributed by atoms with E-state index in [1.165, 1.54) is 5.56 Å². The zero-order valence-electron chi connectivity index (χ0n) is 13.5. The van der Waals surface area contributed by atoms with Gasteiger partial charge in [0, 0.05) is 0 Å². The Balaban J connectivity index is 2.64. The van der Waals surface area contributed by atoms with E-state index in [1.54, 1.807) is 0 Å². The van der Waals surface area contributed by atoms with Crippen LogP contribution >= 0.6 is 0 Å². The molecule has 1 rings (SSSR count). The smallest absolute Gasteiger partial charge is 0.119 e. The van der Waals surface area contributed by atoms with Crippen LogP contribution in [0.2, 0.25) is 0 Å². The fourth-order valence-electron chi connectivity index (χ4n) is 1.92. The van der Waals surface area contributed by atoms with Crippen molar-refractivity contribution in [3.63, 3.8) is 0 Å². The summed E-state index contributed by atoms with van der Waals surface area (Å²) in [4.78, 5) is 0. The summed E-state index contributed by atoms with van der Waals surface area (Å²) >= 11 is 0. The molecular formula is C17H29NO2. The van der Waals surface area contributed by atoms with Crippen LogP contribution < -0.4 is 10.1 Å². The van der Waals surface area contributed by atoms with Gasteiger partial charge in [-0.15, -0.1) is 0 Å². The van der Waals surface area contributed by atoms with Crippen molar-refractivity contribution in [3.05, 3.63) is 29.8 Å². The normalized spacial score (nSPS) is 14.3. The Kier molecular flexibility index (Phi) is 7.63. The van der Waals surface area contributed by atoms with Crippen LogP contribution in [0.15, 0.2) is 24.3 Å². The molecule has 3 nitrogen and oxygen atoms in total. The minimum Gasteiger partial charge on any atom is -0.494 e. The molecule has 0 aliphatic carbocycles. The molecule has 3 heteroatoms. The van der Waals surface area contributed by atoms with Crippen molar-refractivity contribution in [1.82, 2.24) is 5.32 Å². The molecule has 2 unspecified atom stereocenters. The van der Waals surface area contributed by atoms with Crippen LogP contribution in [0.25, 0.3) is 0 Å². The van der Waals surface area contributed by atoms with Crippen molar-refractivity contribution >= 4 is 0 Å². The lowest BCUT2D eigenvalue weighted by Gasteiger charge is -2.23. The summed E-state index contributed by atoms with van der Waals surface area (Å²) in [6, 6.07) is 8.50. The van der Waals surface area contributed by atoms with Gasteiger partial charge in [-0.2, -0.15) is 0 Å². The van der Waals surface area contributed by atoms with Crippen molar-refractivity contribution in [1.29, 1.82) is 0 Å². The number of hydrogen-bond donors (Lipinski definition) is 1. The number of likely N-dealkylation sites (N-methyl/N-ethyl adjacent to an activating group) is 1. The molecule has 0 saturated heterocycles. The van der Waals surface area contributed by atoms with Crippen molar-refractivity contribution in [2.75, 3.05) is 19.8 Å². The van der Waals surface area contributed by atoms with Gasteiger partial charge < -0.3 is 14.8 Å². The van der Waals surface area contributed by atoms with Gasteiger partial charge in [-0.3, -0.25) is 0 Å². The van der Waals surface area contributed by atoms with Gasteiger partial charge in [-0.05, 0) is 44.0 Å². The van der Waals surface area contributed by atoms with Crippen molar-refractivity contribution in [3.8, 4) is 5.75 Å². The van der Waals surface area contributed by atoms with Crippen LogP contribution in [0.1, 0.15) is 46.2 Å². The first-order valence-electron chi connectivity index (χ1n) is 7.66. The van der Waals surface area contributed by atoms with E-state index in [2.05, 4.69) is 45.1 Å². The first-order valence-corrected chi connectivity index (χ1v) is 7.66. The van der Waals surface area contributed by atoms with E-state index in [4.69, 9.17) is 9.47 Å². The number of nitrogens with one attached hydrogen (secondary N) is 1. The second kappa shape index (κ2) is 8.98. The fourth-order valence-corrected chi connectivity index (χ4v) is 1.92. The van der Waals surface area contributed by atoms with Gasteiger partial charge in [0.1, 0.15) is 5.75 Å². The van der Waals surface area contributed by atoms with E-state index in [0.717, 1.165) is 12.3 Å². The van der Waals surface area contributed by atoms with Gasteiger partial charge in [-0.25, -0.2) is 0 Å². The lowest BCUT2D eigenvalue weighted by Crippen LogP contribution is -2.28. The third-order valence-corrected chi connectivity index (χ3v) is 3.51. The maximum absolute atomic E-state index is 5.96. The minimum atomic E-state index is 0.233. The molecule has 0 aliphatic rings. The zero-order chi connectivity index (χ0) is 15.0. The van der Waals surface area contributed by atoms with Crippen molar-refractivity contribution in [2.24, 2.45) is 5.92 Å². The highest BCUT2D eigenvalue weighted by atomic mass is 16.5. The summed E-state index contributed by atoms with van der Waals surface area (Å²) in [6.07, 6.45) is 0.277. The van der Waals surface area contributed by atoms with Gasteiger partial charge in [0.2, 0.25) is 0 Å². The number of ether oxygens (including phenoxy) is 2. The Labute approximate surface area is 123 Å². The minimum absolute atomic E-state index is 0.233. The van der Waals surface area contributed by atoms with Crippen LogP contribution in [0.4, 0.5) is 0 Å². The molecule has 0 saturated carbocycles. The topological polar surface area (TPSA) is 30.5 Å². The molecule has 1 N–H and O–H groups in total. The van der Waals surface area contributed by atoms with E-state index in [1.807, 2.05) is 19.1 Å². The molecule has 2 atom stereocenters. The molecule has 0 aliphatic heterocycles. The SMILES string of the molecule is CCNC(COC(C)C(C)C)c1ccc(OCC)cc1. The monoisotopic (exact) mass is 279 g/mol. The summed E-state index contributed by atoms with van der Waals surface area (Å²) in [5.41, 5.74) is 1.24. The first kappa shape index (κ1) is 17.0. The zero-order valence-corrected chi connectivity index (χ0v) is 13.5. The van der Waals surface area contributed by atoms with Gasteiger partial charge in [0.15, 0.2) is 0 Å². The quantitative estimate of drug-likeness (QED) is 0.746. The highest BCUT2D eigenvalue weighted by Gasteiger charge is 2.14. The Morgan fingerprint density at radius 2 is 1.70 bits per heavy atom. The number of hydrogen-bond acceptors (Lipinski definition) is 3. The molecule has 0 fully saturated rings. The van der Waals surface area contributed by atoms with Crippen LogP contribution in [-0.4, -0.2) is 25.9 Å². The van der Waals surface area contributed by atoms with Gasteiger partial charge in [0.25, 0.3) is 0 Å². The fraction of sp³-hybridized carbons (Fsp3) is 0.647. The predicted octanol–water partition coefficient (Wildman–Crippen LogP) is 3.80. The maximum atomic E-state index is 5.96. The number of rotatable bonds is 9. The predicted molar refractivity (Wildman–Crippen MR) is 84.3 cm³/mol. The molecule has 0 heterocycles. The first-order chi connectivity index (χ1) is 9.58. The van der Waals surface area contributed by atoms with Gasteiger partial charge in [0.05, 0.1) is 25.4 Å². The third-order valence-electron chi connectivity index (χ3n) is 3.51. The Bertz CT molecular complexity index is 362. The second-order valence-electron chi connectivity index (χ2n) is 5.39. The van der Waals surface area contributed by atoms with Crippen LogP contribution in [0.3, 0.4) is 0 Å². The average Bonchev–Trinajstić information content (AvgIpc) is 2.44. The van der Waals surface area contributed by atoms with E-state index in [0.29, 0.717) is 19.1 Å². The lowest BCUT2D eigenvalue weighted by atomic mass is 10.1. The second-order valence-corrected chi connectivity index (χ2v) is 5.39. The molecule has 114 valence electrons. The van der Waals surface area contributed by atoms with E-state index < -0.39 is 0 Å². The summed E-state index contributed by atoms with van der Waals surface area (Å²) < 4.78 is 11.4. The summed E-state index contributed by atoms with van der Waals surface area (Å²) in [5.74, 6) is 1.46. The van der Waals surface area contributed by atoms with Gasteiger partial charge in [-0.1, -0.05) is 32.9 Å². The molecule has 0 amide bonds. The molecule has 1 aromatic rings. The van der Waals surface area contributed by atoms with Crippen LogP contribution in [-0.2, 0) is 4.74 Å². The Morgan fingerprint density at radius 3 is 2.20 bits per heavy atom. The highest BCUT2D eigenvalue weighted by Crippen LogP contribution is 2.19. The lowest BCUT2D eigenvalue weighted by molar-refractivity contribution is 0.0220. The summed E-state index contributed by atoms with van der Waals surface area (Å²) in [7, 11) is 0. The van der Waals surface area contributed by atoms with Crippen LogP contribution in [0, 0.1) is 5.92 Å². The van der Waals surface area contributed by atoms with Crippen molar-refractivity contribution in [2.45, 2.75) is 46.8 Å². The molecule has 0 aromatic heterocycles. The summed E-state index contributed by atoms with van der Waals surface area (Å²) in [6.45, 7) is 12.9. The molecule has 1 aromatic carbocycles. The molecule has 0 radical (unpaired) electrons. The van der Waals surface area contributed by atoms with E-state index in [9.17, 15) is 0 Å². The highest BCUT2D eigenvalue weighted by molar-refractivity contribution is 5.29. The summed E-state index contributed by atoms with van der Waals surface area (Å²) in [5, 5.41) is 3.48. The molecular weight excluding hydrogens is 250 g/mol. The van der Waals surface area contributed by atoms with Crippen molar-refractivity contribution < 1.29 is 9.47 Å². The van der Waals surface area contributed by atoms with Gasteiger partial charge >= 0.3 is 0 Å². The maximum Gasteiger partial charge on any atom is 0.119 e. The van der Waals surface area contributed by atoms with Crippen LogP contribution in [0.5, 0.6) is 5.75 Å². The van der Waals surface area contributed by atoms with E-state index in [-0.39, 0.29) is 12.1 Å². The van der Waals surface area contributed by atoms with E-state index >= 15 is 0 Å². The largest absolute Gasteiger partial charge is 0.494 e.